The normalized spacial score (nSPS) is 15.1. The molecule has 18 heavy (non-hydrogen) atoms. The molecule has 90 valence electrons. The summed E-state index contributed by atoms with van der Waals surface area (Å²) in [5.41, 5.74) is 0.809. The van der Waals surface area contributed by atoms with Crippen LogP contribution in [0.5, 0.6) is 5.75 Å². The van der Waals surface area contributed by atoms with Crippen LogP contribution in [0.25, 0.3) is 6.08 Å². The fourth-order valence-corrected chi connectivity index (χ4v) is 1.86. The van der Waals surface area contributed by atoms with Crippen LogP contribution in [-0.4, -0.2) is 9.97 Å². The minimum atomic E-state index is 0.678. The number of ether oxygens (including phenoxy) is 1. The lowest BCUT2D eigenvalue weighted by molar-refractivity contribution is -0.679. The molecule has 0 amide bonds. The standard InChI is InChI=1S/C13H12N4O/c1-2-17-7-3-4-11-13(17)16-12(18-11)8-10-5-6-14-9-15-10/h3-9H,2H2,1H3/p+1. The lowest BCUT2D eigenvalue weighted by Gasteiger charge is -1.97. The number of pyridine rings is 1. The summed E-state index contributed by atoms with van der Waals surface area (Å²) >= 11 is 0. The molecule has 0 saturated carbocycles. The largest absolute Gasteiger partial charge is 0.414 e. The summed E-state index contributed by atoms with van der Waals surface area (Å²) in [5, 5.41) is 3.24. The van der Waals surface area contributed by atoms with Gasteiger partial charge in [-0.1, -0.05) is 0 Å². The van der Waals surface area contributed by atoms with Crippen molar-refractivity contribution in [3.8, 4) is 5.75 Å². The molecule has 5 heteroatoms. The van der Waals surface area contributed by atoms with Gasteiger partial charge in [0, 0.05) is 12.3 Å². The van der Waals surface area contributed by atoms with E-state index in [0.29, 0.717) is 5.88 Å². The number of aromatic nitrogens is 3. The number of fused-ring (bicyclic) bond motifs is 1. The van der Waals surface area contributed by atoms with Crippen LogP contribution in [0.4, 0.5) is 5.82 Å². The van der Waals surface area contributed by atoms with Crippen LogP contribution in [0.3, 0.4) is 0 Å². The van der Waals surface area contributed by atoms with E-state index in [2.05, 4.69) is 26.8 Å². The van der Waals surface area contributed by atoms with E-state index in [9.17, 15) is 0 Å². The van der Waals surface area contributed by atoms with Crippen molar-refractivity contribution in [2.75, 3.05) is 5.32 Å². The van der Waals surface area contributed by atoms with Gasteiger partial charge in [-0.05, 0) is 25.1 Å². The summed E-state index contributed by atoms with van der Waals surface area (Å²) in [5.74, 6) is 2.48. The summed E-state index contributed by atoms with van der Waals surface area (Å²) in [6.07, 6.45) is 7.08. The second kappa shape index (κ2) is 4.44. The van der Waals surface area contributed by atoms with Crippen molar-refractivity contribution in [2.24, 2.45) is 0 Å². The van der Waals surface area contributed by atoms with E-state index in [0.717, 1.165) is 23.8 Å². The smallest absolute Gasteiger partial charge is 0.325 e. The average molecular weight is 241 g/mol. The van der Waals surface area contributed by atoms with E-state index in [4.69, 9.17) is 4.74 Å². The molecule has 2 aromatic rings. The Morgan fingerprint density at radius 3 is 3.17 bits per heavy atom. The third-order valence-electron chi connectivity index (χ3n) is 2.72. The first-order valence-corrected chi connectivity index (χ1v) is 5.82. The summed E-state index contributed by atoms with van der Waals surface area (Å²) in [7, 11) is 0. The Hall–Kier alpha value is -2.43. The van der Waals surface area contributed by atoms with Gasteiger partial charge in [-0.3, -0.25) is 0 Å². The maximum Gasteiger partial charge on any atom is 0.325 e. The van der Waals surface area contributed by atoms with Gasteiger partial charge in [-0.25, -0.2) is 19.9 Å². The number of nitrogens with one attached hydrogen (secondary N) is 1. The van der Waals surface area contributed by atoms with Gasteiger partial charge in [0.1, 0.15) is 6.33 Å². The molecule has 1 N–H and O–H groups in total. The van der Waals surface area contributed by atoms with Gasteiger partial charge in [0.25, 0.3) is 5.88 Å². The van der Waals surface area contributed by atoms with Crippen LogP contribution in [0, 0.1) is 0 Å². The van der Waals surface area contributed by atoms with Gasteiger partial charge in [-0.15, -0.1) is 0 Å². The maximum atomic E-state index is 5.72. The average Bonchev–Trinajstić information content (AvgIpc) is 2.82. The van der Waals surface area contributed by atoms with Gasteiger partial charge in [0.15, 0.2) is 0 Å². The Morgan fingerprint density at radius 1 is 1.44 bits per heavy atom. The fourth-order valence-electron chi connectivity index (χ4n) is 1.86. The maximum absolute atomic E-state index is 5.72. The van der Waals surface area contributed by atoms with E-state index < -0.39 is 0 Å². The zero-order valence-electron chi connectivity index (χ0n) is 10.00. The highest BCUT2D eigenvalue weighted by Crippen LogP contribution is 2.30. The van der Waals surface area contributed by atoms with Gasteiger partial charge < -0.3 is 4.74 Å². The Labute approximate surface area is 105 Å². The molecule has 0 aliphatic carbocycles. The second-order valence-electron chi connectivity index (χ2n) is 3.88. The molecule has 3 rings (SSSR count). The van der Waals surface area contributed by atoms with Crippen molar-refractivity contribution < 1.29 is 9.30 Å². The van der Waals surface area contributed by atoms with Crippen LogP contribution < -0.4 is 14.6 Å². The number of aryl methyl sites for hydroxylation is 1. The number of hydrogen-bond donors (Lipinski definition) is 1. The lowest BCUT2D eigenvalue weighted by Crippen LogP contribution is -2.33. The molecule has 0 aromatic carbocycles. The molecule has 0 fully saturated rings. The Bertz CT molecular complexity index is 595. The summed E-state index contributed by atoms with van der Waals surface area (Å²) in [6, 6.07) is 5.74. The minimum Gasteiger partial charge on any atom is -0.414 e. The molecule has 3 heterocycles. The van der Waals surface area contributed by atoms with Crippen molar-refractivity contribution in [1.82, 2.24) is 9.97 Å². The first-order chi connectivity index (χ1) is 8.86. The highest BCUT2D eigenvalue weighted by Gasteiger charge is 2.27. The van der Waals surface area contributed by atoms with E-state index in [1.807, 2.05) is 30.5 Å². The van der Waals surface area contributed by atoms with Crippen LogP contribution in [-0.2, 0) is 6.54 Å². The number of anilines is 1. The van der Waals surface area contributed by atoms with Crippen LogP contribution in [0.2, 0.25) is 0 Å². The SMILES string of the molecule is CC[n+]1cccc2c1NC(=Cc1ccncn1)O2. The molecule has 5 nitrogen and oxygen atoms in total. The van der Waals surface area contributed by atoms with Crippen molar-refractivity contribution >= 4 is 11.9 Å². The molecule has 0 unspecified atom stereocenters. The zero-order valence-corrected chi connectivity index (χ0v) is 10.00. The molecule has 2 aromatic heterocycles. The van der Waals surface area contributed by atoms with Crippen molar-refractivity contribution in [1.29, 1.82) is 0 Å². The lowest BCUT2D eigenvalue weighted by atomic mass is 10.4. The van der Waals surface area contributed by atoms with Crippen molar-refractivity contribution in [2.45, 2.75) is 13.5 Å². The first-order valence-electron chi connectivity index (χ1n) is 5.82. The highest BCUT2D eigenvalue weighted by atomic mass is 16.5. The summed E-state index contributed by atoms with van der Waals surface area (Å²) in [4.78, 5) is 8.01. The summed E-state index contributed by atoms with van der Waals surface area (Å²) < 4.78 is 7.82. The molecule has 0 atom stereocenters. The van der Waals surface area contributed by atoms with Gasteiger partial charge in [-0.2, -0.15) is 0 Å². The van der Waals surface area contributed by atoms with Crippen molar-refractivity contribution in [3.63, 3.8) is 0 Å². The van der Waals surface area contributed by atoms with Crippen molar-refractivity contribution in [3.05, 3.63) is 48.5 Å². The number of rotatable bonds is 2. The van der Waals surface area contributed by atoms with Gasteiger partial charge in [0.05, 0.1) is 18.4 Å². The minimum absolute atomic E-state index is 0.678. The first kappa shape index (κ1) is 10.7. The zero-order chi connectivity index (χ0) is 12.4. The molecule has 0 bridgehead atoms. The van der Waals surface area contributed by atoms with Crippen LogP contribution in [0.1, 0.15) is 12.6 Å². The third kappa shape index (κ3) is 1.90. The molecule has 0 saturated heterocycles. The summed E-state index contributed by atoms with van der Waals surface area (Å²) in [6.45, 7) is 2.98. The van der Waals surface area contributed by atoms with E-state index in [1.54, 1.807) is 6.20 Å². The molecular weight excluding hydrogens is 228 g/mol. The third-order valence-corrected chi connectivity index (χ3v) is 2.72. The highest BCUT2D eigenvalue weighted by molar-refractivity contribution is 5.61. The van der Waals surface area contributed by atoms with E-state index in [-0.39, 0.29) is 0 Å². The quantitative estimate of drug-likeness (QED) is 0.811. The Morgan fingerprint density at radius 2 is 2.39 bits per heavy atom. The number of nitrogens with zero attached hydrogens (tertiary/aromatic N) is 3. The van der Waals surface area contributed by atoms with E-state index in [1.165, 1.54) is 6.33 Å². The Kier molecular flexibility index (Phi) is 2.64. The second-order valence-corrected chi connectivity index (χ2v) is 3.88. The van der Waals surface area contributed by atoms with Gasteiger partial charge in [0.2, 0.25) is 5.75 Å². The number of hydrogen-bond acceptors (Lipinski definition) is 4. The fraction of sp³-hybridized carbons (Fsp3) is 0.154. The molecule has 0 spiro atoms. The topological polar surface area (TPSA) is 50.9 Å². The van der Waals surface area contributed by atoms with Crippen LogP contribution in [0.15, 0.2) is 42.8 Å². The predicted molar refractivity (Wildman–Crippen MR) is 66.6 cm³/mol. The molecule has 1 aliphatic heterocycles. The van der Waals surface area contributed by atoms with Gasteiger partial charge >= 0.3 is 5.82 Å². The van der Waals surface area contributed by atoms with E-state index >= 15 is 0 Å². The Balaban J connectivity index is 1.91. The van der Waals surface area contributed by atoms with Crippen LogP contribution >= 0.6 is 0 Å². The predicted octanol–water partition coefficient (Wildman–Crippen LogP) is 1.59. The molecule has 0 radical (unpaired) electrons. The monoisotopic (exact) mass is 241 g/mol. The molecular formula is C13H13N4O+. The molecule has 1 aliphatic rings.